The molecule has 0 aromatic rings. The van der Waals surface area contributed by atoms with Crippen molar-refractivity contribution in [3.05, 3.63) is 9.52 Å². The van der Waals surface area contributed by atoms with E-state index in [0.717, 1.165) is 5.54 Å². The van der Waals surface area contributed by atoms with Crippen molar-refractivity contribution in [1.29, 1.82) is 0 Å². The van der Waals surface area contributed by atoms with Crippen LogP contribution in [0, 0.1) is 5.92 Å². The molecular weight excluding hydrogens is 231 g/mol. The molecule has 70 valence electrons. The van der Waals surface area contributed by atoms with E-state index in [0.29, 0.717) is 11.0 Å². The second-order valence-electron chi connectivity index (χ2n) is 4.42. The standard InChI is InChI=1S/C8H13Cl3Si/c1-12(2,3)6-4-5(6)7(9)8(10)11/h5-6H,4H2,1-3H3/t5-,6-/m0/s1. The van der Waals surface area contributed by atoms with Gasteiger partial charge in [-0.2, -0.15) is 0 Å². The third-order valence-electron chi connectivity index (χ3n) is 2.41. The van der Waals surface area contributed by atoms with Crippen molar-refractivity contribution in [2.75, 3.05) is 0 Å². The minimum atomic E-state index is -1.03. The summed E-state index contributed by atoms with van der Waals surface area (Å²) in [5, 5.41) is 0.672. The molecule has 0 aromatic carbocycles. The zero-order chi connectivity index (χ0) is 9.52. The molecule has 0 bridgehead atoms. The Hall–Kier alpha value is 0.827. The van der Waals surface area contributed by atoms with Gasteiger partial charge in [0.25, 0.3) is 0 Å². The smallest absolute Gasteiger partial charge is 0.0862 e. The summed E-state index contributed by atoms with van der Waals surface area (Å²) in [6.45, 7) is 7.05. The third-order valence-corrected chi connectivity index (χ3v) is 6.34. The molecule has 0 aromatic heterocycles. The molecule has 0 unspecified atom stereocenters. The van der Waals surface area contributed by atoms with Gasteiger partial charge in [0, 0.05) is 8.07 Å². The maximum Gasteiger partial charge on any atom is 0.121 e. The topological polar surface area (TPSA) is 0 Å². The van der Waals surface area contributed by atoms with E-state index in [-0.39, 0.29) is 4.49 Å². The molecule has 0 aliphatic heterocycles. The van der Waals surface area contributed by atoms with Crippen molar-refractivity contribution < 1.29 is 0 Å². The molecule has 1 aliphatic rings. The lowest BCUT2D eigenvalue weighted by Crippen LogP contribution is -2.20. The van der Waals surface area contributed by atoms with Gasteiger partial charge in [0.05, 0.1) is 5.03 Å². The van der Waals surface area contributed by atoms with Crippen LogP contribution in [0.4, 0.5) is 0 Å². The predicted octanol–water partition coefficient (Wildman–Crippen LogP) is 4.60. The van der Waals surface area contributed by atoms with E-state index >= 15 is 0 Å². The average molecular weight is 244 g/mol. The van der Waals surface area contributed by atoms with E-state index in [2.05, 4.69) is 19.6 Å². The van der Waals surface area contributed by atoms with Crippen LogP contribution in [0.5, 0.6) is 0 Å². The molecule has 0 heterocycles. The van der Waals surface area contributed by atoms with E-state index in [1.807, 2.05) is 0 Å². The van der Waals surface area contributed by atoms with Gasteiger partial charge in [-0.15, -0.1) is 0 Å². The molecule has 0 spiro atoms. The minimum Gasteiger partial charge on any atom is -0.0862 e. The minimum absolute atomic E-state index is 0.252. The largest absolute Gasteiger partial charge is 0.121 e. The zero-order valence-corrected chi connectivity index (χ0v) is 10.8. The van der Waals surface area contributed by atoms with Gasteiger partial charge in [-0.25, -0.2) is 0 Å². The van der Waals surface area contributed by atoms with Crippen LogP contribution in [0.1, 0.15) is 6.42 Å². The lowest BCUT2D eigenvalue weighted by Gasteiger charge is -2.15. The quantitative estimate of drug-likeness (QED) is 0.622. The number of allylic oxidation sites excluding steroid dienone is 1. The fourth-order valence-electron chi connectivity index (χ4n) is 1.57. The van der Waals surface area contributed by atoms with Crippen molar-refractivity contribution in [3.8, 4) is 0 Å². The van der Waals surface area contributed by atoms with Crippen molar-refractivity contribution in [3.63, 3.8) is 0 Å². The number of hydrogen-bond donors (Lipinski definition) is 0. The SMILES string of the molecule is C[Si](C)(C)[C@H]1C[C@@H]1C(Cl)=C(Cl)Cl. The van der Waals surface area contributed by atoms with Crippen LogP contribution in [0.2, 0.25) is 25.2 Å². The van der Waals surface area contributed by atoms with E-state index in [1.165, 1.54) is 6.42 Å². The molecule has 1 saturated carbocycles. The summed E-state index contributed by atoms with van der Waals surface area (Å²) in [6, 6.07) is 0. The fourth-order valence-corrected chi connectivity index (χ4v) is 4.53. The molecule has 1 aliphatic carbocycles. The van der Waals surface area contributed by atoms with Crippen LogP contribution in [0.15, 0.2) is 9.52 Å². The molecule has 1 rings (SSSR count). The van der Waals surface area contributed by atoms with Crippen LogP contribution >= 0.6 is 34.8 Å². The molecule has 0 nitrogen and oxygen atoms in total. The van der Waals surface area contributed by atoms with Gasteiger partial charge in [0.2, 0.25) is 0 Å². The zero-order valence-electron chi connectivity index (χ0n) is 7.50. The third kappa shape index (κ3) is 2.41. The van der Waals surface area contributed by atoms with Gasteiger partial charge in [-0.3, -0.25) is 0 Å². The van der Waals surface area contributed by atoms with E-state index in [4.69, 9.17) is 34.8 Å². The lowest BCUT2D eigenvalue weighted by atomic mass is 10.4. The number of hydrogen-bond acceptors (Lipinski definition) is 0. The van der Waals surface area contributed by atoms with E-state index in [1.54, 1.807) is 0 Å². The van der Waals surface area contributed by atoms with Gasteiger partial charge >= 0.3 is 0 Å². The first-order valence-corrected chi connectivity index (χ1v) is 8.76. The summed E-state index contributed by atoms with van der Waals surface area (Å²) < 4.78 is 0.252. The van der Waals surface area contributed by atoms with Crippen LogP contribution in [-0.4, -0.2) is 8.07 Å². The van der Waals surface area contributed by atoms with Crippen molar-refractivity contribution in [2.24, 2.45) is 5.92 Å². The normalized spacial score (nSPS) is 28.5. The predicted molar refractivity (Wildman–Crippen MR) is 59.8 cm³/mol. The highest BCUT2D eigenvalue weighted by atomic mass is 35.5. The molecule has 4 heteroatoms. The molecule has 0 saturated heterocycles. The average Bonchev–Trinajstić information content (AvgIpc) is 2.61. The summed E-state index contributed by atoms with van der Waals surface area (Å²) in [6.07, 6.45) is 1.18. The van der Waals surface area contributed by atoms with Crippen molar-refractivity contribution >= 4 is 42.9 Å². The van der Waals surface area contributed by atoms with Crippen LogP contribution in [0.25, 0.3) is 0 Å². The van der Waals surface area contributed by atoms with Gasteiger partial charge in [-0.1, -0.05) is 54.4 Å². The van der Waals surface area contributed by atoms with Crippen LogP contribution in [0.3, 0.4) is 0 Å². The summed E-state index contributed by atoms with van der Waals surface area (Å²) in [5.74, 6) is 0.461. The second-order valence-corrected chi connectivity index (χ2v) is 11.3. The Kier molecular flexibility index (Phi) is 3.20. The highest BCUT2D eigenvalue weighted by Crippen LogP contribution is 2.57. The molecular formula is C8H13Cl3Si. The molecule has 1 fully saturated rings. The Morgan fingerprint density at radius 3 is 1.92 bits per heavy atom. The van der Waals surface area contributed by atoms with Crippen molar-refractivity contribution in [2.45, 2.75) is 31.6 Å². The highest BCUT2D eigenvalue weighted by molar-refractivity contribution is 6.78. The number of halogens is 3. The second kappa shape index (κ2) is 3.53. The highest BCUT2D eigenvalue weighted by Gasteiger charge is 2.48. The first-order chi connectivity index (χ1) is 5.34. The fraction of sp³-hybridized carbons (Fsp3) is 0.750. The summed E-state index contributed by atoms with van der Waals surface area (Å²) in [4.78, 5) is 0. The van der Waals surface area contributed by atoms with Gasteiger partial charge < -0.3 is 0 Å². The number of rotatable bonds is 2. The Balaban J connectivity index is 2.60. The Morgan fingerprint density at radius 2 is 1.67 bits per heavy atom. The maximum absolute atomic E-state index is 5.95. The monoisotopic (exact) mass is 242 g/mol. The molecule has 2 atom stereocenters. The molecule has 0 amide bonds. The van der Waals surface area contributed by atoms with Gasteiger partial charge in [0.15, 0.2) is 0 Å². The van der Waals surface area contributed by atoms with Gasteiger partial charge in [0.1, 0.15) is 4.49 Å². The summed E-state index contributed by atoms with van der Waals surface area (Å²) in [5.41, 5.74) is 0.775. The van der Waals surface area contributed by atoms with E-state index < -0.39 is 8.07 Å². The van der Waals surface area contributed by atoms with Crippen LogP contribution in [-0.2, 0) is 0 Å². The van der Waals surface area contributed by atoms with Crippen LogP contribution < -0.4 is 0 Å². The summed E-state index contributed by atoms with van der Waals surface area (Å²) in [7, 11) is -1.03. The molecule has 0 N–H and O–H groups in total. The first kappa shape index (κ1) is 10.9. The molecule has 0 radical (unpaired) electrons. The molecule has 12 heavy (non-hydrogen) atoms. The Bertz CT molecular complexity index is 213. The summed E-state index contributed by atoms with van der Waals surface area (Å²) >= 11 is 17.2. The first-order valence-electron chi connectivity index (χ1n) is 4.04. The maximum atomic E-state index is 5.95. The Morgan fingerprint density at radius 1 is 1.17 bits per heavy atom. The van der Waals surface area contributed by atoms with E-state index in [9.17, 15) is 0 Å². The lowest BCUT2D eigenvalue weighted by molar-refractivity contribution is 1.07. The Labute approximate surface area is 89.9 Å². The van der Waals surface area contributed by atoms with Gasteiger partial charge in [-0.05, 0) is 17.9 Å². The van der Waals surface area contributed by atoms with Crippen molar-refractivity contribution in [1.82, 2.24) is 0 Å².